The topological polar surface area (TPSA) is 112 Å². The molecule has 7 nitrogen and oxygen atoms in total. The summed E-state index contributed by atoms with van der Waals surface area (Å²) in [5.74, 6) is -2.02. The summed E-state index contributed by atoms with van der Waals surface area (Å²) in [7, 11) is -3.86. The molecule has 0 heterocycles. The van der Waals surface area contributed by atoms with Crippen LogP contribution in [0, 0.1) is 5.92 Å². The summed E-state index contributed by atoms with van der Waals surface area (Å²) in [6, 6.07) is 0. The van der Waals surface area contributed by atoms with E-state index in [4.69, 9.17) is 10.2 Å². The van der Waals surface area contributed by atoms with Crippen LogP contribution in [-0.2, 0) is 19.6 Å². The SMILES string of the molecule is CC1C=CC(S(=O)(=O)N(CCC(=O)O)CCC(=O)O)=CC1. The summed E-state index contributed by atoms with van der Waals surface area (Å²) in [4.78, 5) is 21.3. The van der Waals surface area contributed by atoms with Gasteiger partial charge in [-0.05, 0) is 18.4 Å². The highest BCUT2D eigenvalue weighted by Crippen LogP contribution is 2.23. The maximum atomic E-state index is 12.4. The molecule has 0 aromatic heterocycles. The van der Waals surface area contributed by atoms with Crippen LogP contribution in [0.15, 0.2) is 23.1 Å². The Morgan fingerprint density at radius 1 is 1.24 bits per heavy atom. The second-order valence-electron chi connectivity index (χ2n) is 4.87. The largest absolute Gasteiger partial charge is 0.481 e. The van der Waals surface area contributed by atoms with E-state index in [-0.39, 0.29) is 36.8 Å². The van der Waals surface area contributed by atoms with Crippen LogP contribution in [0.4, 0.5) is 0 Å². The zero-order chi connectivity index (χ0) is 16.0. The fourth-order valence-corrected chi connectivity index (χ4v) is 3.36. The van der Waals surface area contributed by atoms with Crippen LogP contribution in [0.2, 0.25) is 0 Å². The zero-order valence-electron chi connectivity index (χ0n) is 11.7. The van der Waals surface area contributed by atoms with E-state index in [0.29, 0.717) is 6.42 Å². The van der Waals surface area contributed by atoms with Crippen molar-refractivity contribution in [1.29, 1.82) is 0 Å². The normalized spacial score (nSPS) is 18.6. The second-order valence-corrected chi connectivity index (χ2v) is 6.81. The Balaban J connectivity index is 2.91. The number of hydrogen-bond donors (Lipinski definition) is 2. The summed E-state index contributed by atoms with van der Waals surface area (Å²) < 4.78 is 25.8. The molecule has 0 spiro atoms. The Hall–Kier alpha value is -1.67. The first-order valence-electron chi connectivity index (χ1n) is 6.55. The van der Waals surface area contributed by atoms with Gasteiger partial charge in [0.2, 0.25) is 10.0 Å². The number of rotatable bonds is 8. The molecule has 0 bridgehead atoms. The Kier molecular flexibility index (Phi) is 6.10. The fourth-order valence-electron chi connectivity index (χ4n) is 1.84. The van der Waals surface area contributed by atoms with E-state index in [1.807, 2.05) is 6.92 Å². The summed E-state index contributed by atoms with van der Waals surface area (Å²) in [6.07, 6.45) is 4.67. The highest BCUT2D eigenvalue weighted by molar-refractivity contribution is 7.93. The molecule has 21 heavy (non-hydrogen) atoms. The molecule has 0 amide bonds. The van der Waals surface area contributed by atoms with E-state index in [1.54, 1.807) is 12.2 Å². The number of allylic oxidation sites excluding steroid dienone is 3. The van der Waals surface area contributed by atoms with Gasteiger partial charge in [0, 0.05) is 13.1 Å². The summed E-state index contributed by atoms with van der Waals surface area (Å²) in [5, 5.41) is 17.4. The van der Waals surface area contributed by atoms with Gasteiger partial charge >= 0.3 is 11.9 Å². The van der Waals surface area contributed by atoms with E-state index in [2.05, 4.69) is 0 Å². The van der Waals surface area contributed by atoms with Crippen molar-refractivity contribution < 1.29 is 28.2 Å². The molecule has 2 N–H and O–H groups in total. The van der Waals surface area contributed by atoms with Gasteiger partial charge in [-0.2, -0.15) is 4.31 Å². The molecule has 0 aliphatic heterocycles. The van der Waals surface area contributed by atoms with Crippen molar-refractivity contribution >= 4 is 22.0 Å². The smallest absolute Gasteiger partial charge is 0.304 e. The molecule has 1 aliphatic rings. The van der Waals surface area contributed by atoms with Gasteiger partial charge in [0.25, 0.3) is 0 Å². The minimum atomic E-state index is -3.86. The van der Waals surface area contributed by atoms with Crippen molar-refractivity contribution in [1.82, 2.24) is 4.31 Å². The van der Waals surface area contributed by atoms with Crippen LogP contribution < -0.4 is 0 Å². The first-order chi connectivity index (χ1) is 9.73. The van der Waals surface area contributed by atoms with Gasteiger partial charge < -0.3 is 10.2 Å². The van der Waals surface area contributed by atoms with Crippen LogP contribution in [-0.4, -0.2) is 48.0 Å². The lowest BCUT2D eigenvalue weighted by Gasteiger charge is -2.23. The van der Waals surface area contributed by atoms with E-state index in [9.17, 15) is 18.0 Å². The van der Waals surface area contributed by atoms with Crippen LogP contribution in [0.5, 0.6) is 0 Å². The van der Waals surface area contributed by atoms with E-state index in [0.717, 1.165) is 4.31 Å². The highest BCUT2D eigenvalue weighted by atomic mass is 32.2. The molecular weight excluding hydrogens is 298 g/mol. The number of nitrogens with zero attached hydrogens (tertiary/aromatic N) is 1. The summed E-state index contributed by atoms with van der Waals surface area (Å²) >= 11 is 0. The van der Waals surface area contributed by atoms with Crippen molar-refractivity contribution in [2.45, 2.75) is 26.2 Å². The van der Waals surface area contributed by atoms with Crippen molar-refractivity contribution in [2.75, 3.05) is 13.1 Å². The van der Waals surface area contributed by atoms with Gasteiger partial charge in [-0.1, -0.05) is 19.1 Å². The van der Waals surface area contributed by atoms with Gasteiger partial charge in [-0.15, -0.1) is 0 Å². The van der Waals surface area contributed by atoms with E-state index >= 15 is 0 Å². The van der Waals surface area contributed by atoms with E-state index < -0.39 is 22.0 Å². The Morgan fingerprint density at radius 3 is 2.14 bits per heavy atom. The maximum absolute atomic E-state index is 12.4. The summed E-state index contributed by atoms with van der Waals surface area (Å²) in [6.45, 7) is 1.46. The maximum Gasteiger partial charge on any atom is 0.304 e. The minimum absolute atomic E-state index is 0.0939. The molecule has 1 unspecified atom stereocenters. The number of carbonyl (C=O) groups is 2. The minimum Gasteiger partial charge on any atom is -0.481 e. The van der Waals surface area contributed by atoms with E-state index in [1.165, 1.54) is 6.08 Å². The average Bonchev–Trinajstić information content (AvgIpc) is 2.38. The number of carboxylic acids is 2. The molecule has 0 fully saturated rings. The van der Waals surface area contributed by atoms with Crippen molar-refractivity contribution in [3.8, 4) is 0 Å². The number of aliphatic carboxylic acids is 2. The average molecular weight is 317 g/mol. The lowest BCUT2D eigenvalue weighted by molar-refractivity contribution is -0.137. The summed E-state index contributed by atoms with van der Waals surface area (Å²) in [5.41, 5.74) is 0. The molecule has 1 atom stereocenters. The highest BCUT2D eigenvalue weighted by Gasteiger charge is 2.27. The van der Waals surface area contributed by atoms with Gasteiger partial charge in [0.05, 0.1) is 17.7 Å². The lowest BCUT2D eigenvalue weighted by Crippen LogP contribution is -2.35. The molecule has 0 saturated heterocycles. The first-order valence-corrected chi connectivity index (χ1v) is 7.99. The predicted octanol–water partition coefficient (Wildman–Crippen LogP) is 1.05. The third-order valence-corrected chi connectivity index (χ3v) is 5.01. The predicted molar refractivity (Wildman–Crippen MR) is 76.0 cm³/mol. The molecule has 0 aromatic carbocycles. The Bertz CT molecular complexity index is 545. The van der Waals surface area contributed by atoms with Crippen LogP contribution in [0.1, 0.15) is 26.2 Å². The quantitative estimate of drug-likeness (QED) is 0.692. The van der Waals surface area contributed by atoms with Crippen LogP contribution in [0.3, 0.4) is 0 Å². The zero-order valence-corrected chi connectivity index (χ0v) is 12.5. The Morgan fingerprint density at radius 2 is 1.76 bits per heavy atom. The number of hydrogen-bond acceptors (Lipinski definition) is 4. The third-order valence-electron chi connectivity index (χ3n) is 3.07. The molecule has 1 rings (SSSR count). The first kappa shape index (κ1) is 17.4. The van der Waals surface area contributed by atoms with Crippen molar-refractivity contribution in [3.05, 3.63) is 23.1 Å². The number of carboxylic acid groups (broad SMARTS) is 2. The molecule has 0 radical (unpaired) electrons. The van der Waals surface area contributed by atoms with Gasteiger partial charge in [0.1, 0.15) is 0 Å². The molecule has 118 valence electrons. The van der Waals surface area contributed by atoms with Crippen molar-refractivity contribution in [2.24, 2.45) is 5.92 Å². The molecule has 0 saturated carbocycles. The fraction of sp³-hybridized carbons (Fsp3) is 0.538. The van der Waals surface area contributed by atoms with Gasteiger partial charge in [-0.25, -0.2) is 8.42 Å². The van der Waals surface area contributed by atoms with Gasteiger partial charge in [0.15, 0.2) is 0 Å². The van der Waals surface area contributed by atoms with Crippen LogP contribution >= 0.6 is 0 Å². The third kappa shape index (κ3) is 5.31. The molecule has 0 aromatic rings. The van der Waals surface area contributed by atoms with Crippen LogP contribution in [0.25, 0.3) is 0 Å². The monoisotopic (exact) mass is 317 g/mol. The molecule has 8 heteroatoms. The molecular formula is C13H19NO6S. The second kappa shape index (κ2) is 7.37. The van der Waals surface area contributed by atoms with Gasteiger partial charge in [-0.3, -0.25) is 9.59 Å². The number of sulfonamides is 1. The molecule has 1 aliphatic carbocycles. The van der Waals surface area contributed by atoms with Crippen molar-refractivity contribution in [3.63, 3.8) is 0 Å². The standard InChI is InChI=1S/C13H19NO6S/c1-10-2-4-11(5-3-10)21(19,20)14(8-6-12(15)16)9-7-13(17)18/h2,4-5,10H,3,6-9H2,1H3,(H,15,16)(H,17,18). The Labute approximate surface area is 123 Å². The lowest BCUT2D eigenvalue weighted by atomic mass is 10.0.